The predicted octanol–water partition coefficient (Wildman–Crippen LogP) is 4.31. The number of urea groups is 1. The van der Waals surface area contributed by atoms with Crippen LogP contribution in [-0.2, 0) is 10.5 Å². The molecule has 2 rings (SSSR count). The Labute approximate surface area is 174 Å². The molecule has 1 unspecified atom stereocenters. The van der Waals surface area contributed by atoms with E-state index in [2.05, 4.69) is 32.6 Å². The second kappa shape index (κ2) is 10.8. The molecule has 4 N–H and O–H groups in total. The molecule has 3 amide bonds. The molecule has 1 aromatic heterocycles. The van der Waals surface area contributed by atoms with Crippen LogP contribution >= 0.6 is 50.6 Å². The maximum atomic E-state index is 12.2. The average molecular weight is 477 g/mol. The van der Waals surface area contributed by atoms with Crippen molar-refractivity contribution in [3.63, 3.8) is 0 Å². The van der Waals surface area contributed by atoms with E-state index in [0.717, 1.165) is 20.9 Å². The lowest BCUT2D eigenvalue weighted by Crippen LogP contribution is -2.37. The molecule has 0 radical (unpaired) electrons. The van der Waals surface area contributed by atoms with Gasteiger partial charge in [-0.2, -0.15) is 11.8 Å². The van der Waals surface area contributed by atoms with Crippen molar-refractivity contribution < 1.29 is 9.59 Å². The van der Waals surface area contributed by atoms with Crippen LogP contribution < -0.4 is 16.4 Å². The zero-order valence-corrected chi connectivity index (χ0v) is 17.8. The van der Waals surface area contributed by atoms with Crippen LogP contribution in [0.2, 0.25) is 5.02 Å². The summed E-state index contributed by atoms with van der Waals surface area (Å²) in [6, 6.07) is 9.93. The van der Waals surface area contributed by atoms with Crippen LogP contribution in [0.4, 0.5) is 4.79 Å². The molecule has 1 aromatic carbocycles. The third-order valence-electron chi connectivity index (χ3n) is 3.42. The second-order valence-electron chi connectivity index (χ2n) is 5.43. The number of benzene rings is 1. The summed E-state index contributed by atoms with van der Waals surface area (Å²) in [5.74, 6) is 1.59. The summed E-state index contributed by atoms with van der Waals surface area (Å²) in [5.41, 5.74) is 6.00. The molecule has 0 aliphatic heterocycles. The lowest BCUT2D eigenvalue weighted by Gasteiger charge is -2.18. The van der Waals surface area contributed by atoms with Gasteiger partial charge in [-0.25, -0.2) is 4.79 Å². The first-order chi connectivity index (χ1) is 12.4. The van der Waals surface area contributed by atoms with Crippen LogP contribution in [0.5, 0.6) is 0 Å². The number of hydrogen-bond acceptors (Lipinski definition) is 4. The van der Waals surface area contributed by atoms with Crippen LogP contribution in [-0.4, -0.2) is 24.2 Å². The summed E-state index contributed by atoms with van der Waals surface area (Å²) in [5, 5.41) is 6.06. The van der Waals surface area contributed by atoms with Gasteiger partial charge >= 0.3 is 6.03 Å². The van der Waals surface area contributed by atoms with Crippen molar-refractivity contribution in [2.75, 3.05) is 12.3 Å². The molecule has 0 aliphatic rings. The lowest BCUT2D eigenvalue weighted by atomic mass is 10.0. The van der Waals surface area contributed by atoms with Crippen molar-refractivity contribution >= 4 is 62.6 Å². The molecule has 1 heterocycles. The molecule has 9 heteroatoms. The van der Waals surface area contributed by atoms with Gasteiger partial charge in [0.05, 0.1) is 16.2 Å². The smallest absolute Gasteiger partial charge is 0.312 e. The van der Waals surface area contributed by atoms with Gasteiger partial charge < -0.3 is 16.4 Å². The van der Waals surface area contributed by atoms with Gasteiger partial charge in [-0.3, -0.25) is 4.79 Å². The maximum absolute atomic E-state index is 12.2. The van der Waals surface area contributed by atoms with Crippen LogP contribution in [0.3, 0.4) is 0 Å². The van der Waals surface area contributed by atoms with E-state index in [-0.39, 0.29) is 12.3 Å². The monoisotopic (exact) mass is 475 g/mol. The topological polar surface area (TPSA) is 84.2 Å². The van der Waals surface area contributed by atoms with Crippen LogP contribution in [0, 0.1) is 0 Å². The number of carbonyl (C=O) groups excluding carboxylic acids is 2. The van der Waals surface area contributed by atoms with E-state index < -0.39 is 12.1 Å². The fourth-order valence-corrected chi connectivity index (χ4v) is 4.82. The fourth-order valence-electron chi connectivity index (χ4n) is 2.24. The van der Waals surface area contributed by atoms with Gasteiger partial charge in [0.15, 0.2) is 0 Å². The van der Waals surface area contributed by atoms with E-state index in [1.54, 1.807) is 47.4 Å². The number of halogens is 2. The third-order valence-corrected chi connectivity index (χ3v) is 6.49. The van der Waals surface area contributed by atoms with Gasteiger partial charge in [0.25, 0.3) is 0 Å². The third kappa shape index (κ3) is 7.57. The van der Waals surface area contributed by atoms with Crippen LogP contribution in [0.1, 0.15) is 22.9 Å². The van der Waals surface area contributed by atoms with Crippen LogP contribution in [0.15, 0.2) is 40.2 Å². The first-order valence-electron chi connectivity index (χ1n) is 7.84. The van der Waals surface area contributed by atoms with Gasteiger partial charge in [-0.05, 0) is 45.8 Å². The van der Waals surface area contributed by atoms with E-state index in [1.165, 1.54) is 4.88 Å². The normalized spacial score (nSPS) is 11.8. The Morgan fingerprint density at radius 2 is 1.96 bits per heavy atom. The largest absolute Gasteiger partial charge is 0.355 e. The summed E-state index contributed by atoms with van der Waals surface area (Å²) in [6.45, 7) is 0.569. The van der Waals surface area contributed by atoms with E-state index in [4.69, 9.17) is 17.3 Å². The summed E-state index contributed by atoms with van der Waals surface area (Å²) in [4.78, 5) is 24.7. The zero-order valence-electron chi connectivity index (χ0n) is 13.8. The minimum atomic E-state index is -0.671. The SMILES string of the molecule is NC(=O)NC(CC(=O)NCCSCc1ccc(Br)s1)c1ccc(Cl)cc1. The minimum absolute atomic E-state index is 0.118. The number of amides is 3. The molecule has 1 atom stereocenters. The van der Waals surface area contributed by atoms with E-state index in [1.807, 2.05) is 6.07 Å². The summed E-state index contributed by atoms with van der Waals surface area (Å²) < 4.78 is 1.12. The van der Waals surface area contributed by atoms with Gasteiger partial charge in [-0.1, -0.05) is 23.7 Å². The van der Waals surface area contributed by atoms with E-state index in [9.17, 15) is 9.59 Å². The molecular formula is C17H19BrClN3O2S2. The summed E-state index contributed by atoms with van der Waals surface area (Å²) in [7, 11) is 0. The number of rotatable bonds is 9. The number of primary amides is 1. The number of nitrogens with one attached hydrogen (secondary N) is 2. The molecule has 0 spiro atoms. The number of hydrogen-bond donors (Lipinski definition) is 3. The highest BCUT2D eigenvalue weighted by Crippen LogP contribution is 2.25. The van der Waals surface area contributed by atoms with Gasteiger partial charge in [0, 0.05) is 28.0 Å². The first-order valence-corrected chi connectivity index (χ1v) is 11.0. The maximum Gasteiger partial charge on any atom is 0.312 e. The van der Waals surface area contributed by atoms with Crippen LogP contribution in [0.25, 0.3) is 0 Å². The Morgan fingerprint density at radius 1 is 1.23 bits per heavy atom. The van der Waals surface area contributed by atoms with Crippen molar-refractivity contribution in [1.29, 1.82) is 0 Å². The quantitative estimate of drug-likeness (QED) is 0.471. The molecule has 140 valence electrons. The molecule has 0 bridgehead atoms. The van der Waals surface area contributed by atoms with Crippen molar-refractivity contribution in [3.05, 3.63) is 55.6 Å². The average Bonchev–Trinajstić information content (AvgIpc) is 2.99. The van der Waals surface area contributed by atoms with Gasteiger partial charge in [0.2, 0.25) is 5.91 Å². The number of thioether (sulfide) groups is 1. The molecule has 0 saturated heterocycles. The van der Waals surface area contributed by atoms with Crippen molar-refractivity contribution in [2.24, 2.45) is 5.73 Å². The first kappa shape index (κ1) is 21.1. The Hall–Kier alpha value is -1.22. The Bertz CT molecular complexity index is 740. The van der Waals surface area contributed by atoms with Crippen molar-refractivity contribution in [1.82, 2.24) is 10.6 Å². The summed E-state index contributed by atoms with van der Waals surface area (Å²) >= 11 is 12.8. The lowest BCUT2D eigenvalue weighted by molar-refractivity contribution is -0.121. The highest BCUT2D eigenvalue weighted by atomic mass is 79.9. The van der Waals surface area contributed by atoms with E-state index in [0.29, 0.717) is 11.6 Å². The molecule has 2 aromatic rings. The number of nitrogens with two attached hydrogens (primary N) is 1. The molecule has 0 fully saturated rings. The highest BCUT2D eigenvalue weighted by Gasteiger charge is 2.17. The molecular weight excluding hydrogens is 458 g/mol. The van der Waals surface area contributed by atoms with Gasteiger partial charge in [0.1, 0.15) is 0 Å². The fraction of sp³-hybridized carbons (Fsp3) is 0.294. The van der Waals surface area contributed by atoms with Crippen molar-refractivity contribution in [2.45, 2.75) is 18.2 Å². The highest BCUT2D eigenvalue weighted by molar-refractivity contribution is 9.11. The minimum Gasteiger partial charge on any atom is -0.355 e. The van der Waals surface area contributed by atoms with Gasteiger partial charge in [-0.15, -0.1) is 11.3 Å². The zero-order chi connectivity index (χ0) is 18.9. The number of carbonyl (C=O) groups is 2. The molecule has 0 aliphatic carbocycles. The predicted molar refractivity (Wildman–Crippen MR) is 113 cm³/mol. The Balaban J connectivity index is 1.75. The van der Waals surface area contributed by atoms with Crippen molar-refractivity contribution in [3.8, 4) is 0 Å². The molecule has 5 nitrogen and oxygen atoms in total. The standard InChI is InChI=1S/C17H19BrClN3O2S2/c18-15-6-5-13(26-15)10-25-8-7-21-16(23)9-14(22-17(20)24)11-1-3-12(19)4-2-11/h1-6,14H,7-10H2,(H,21,23)(H3,20,22,24). The molecule has 26 heavy (non-hydrogen) atoms. The summed E-state index contributed by atoms with van der Waals surface area (Å²) in [6.07, 6.45) is 0.118. The number of thiophene rings is 1. The molecule has 0 saturated carbocycles. The Morgan fingerprint density at radius 3 is 2.58 bits per heavy atom. The van der Waals surface area contributed by atoms with E-state index >= 15 is 0 Å². The second-order valence-corrected chi connectivity index (χ2v) is 9.51. The Kier molecular flexibility index (Phi) is 8.77.